The Morgan fingerprint density at radius 1 is 1.11 bits per heavy atom. The van der Waals surface area contributed by atoms with Crippen LogP contribution < -0.4 is 0 Å². The van der Waals surface area contributed by atoms with E-state index in [0.717, 1.165) is 4.48 Å². The van der Waals surface area contributed by atoms with E-state index in [9.17, 15) is 0 Å². The number of quaternary nitrogens is 1. The van der Waals surface area contributed by atoms with Crippen molar-refractivity contribution < 1.29 is 4.48 Å². The fraction of sp³-hybridized carbons (Fsp3) is 1.00. The van der Waals surface area contributed by atoms with Crippen molar-refractivity contribution in [3.63, 3.8) is 0 Å². The Morgan fingerprint density at radius 2 is 1.44 bits per heavy atom. The summed E-state index contributed by atoms with van der Waals surface area (Å²) in [5.41, 5.74) is 0. The van der Waals surface area contributed by atoms with Gasteiger partial charge >= 0.3 is 0 Å². The van der Waals surface area contributed by atoms with E-state index in [0.29, 0.717) is 0 Å². The molecule has 0 heterocycles. The third-order valence-electron chi connectivity index (χ3n) is 0.894. The minimum absolute atomic E-state index is 0. The van der Waals surface area contributed by atoms with Crippen molar-refractivity contribution in [1.82, 2.24) is 0 Å². The summed E-state index contributed by atoms with van der Waals surface area (Å²) in [7, 11) is 6.64. The smallest absolute Gasteiger partial charge is 0.187 e. The van der Waals surface area contributed by atoms with Crippen LogP contribution >= 0.6 is 12.4 Å². The Balaban J connectivity index is -0.000000180. The quantitative estimate of drug-likeness (QED) is 0.412. The van der Waals surface area contributed by atoms with E-state index in [1.165, 1.54) is 13.0 Å². The average molecular weight is 169 g/mol. The van der Waals surface area contributed by atoms with Crippen molar-refractivity contribution in [2.75, 3.05) is 27.7 Å². The van der Waals surface area contributed by atoms with Crippen LogP contribution in [0, 0.1) is 0 Å². The van der Waals surface area contributed by atoms with Gasteiger partial charge in [0.25, 0.3) is 0 Å². The number of rotatable bonds is 2. The average Bonchev–Trinajstić information content (AvgIpc) is 1.30. The second-order valence-electron chi connectivity index (χ2n) is 3.01. The Hall–Kier alpha value is 0.782. The van der Waals surface area contributed by atoms with Crippen LogP contribution in [-0.2, 0) is 0 Å². The van der Waals surface area contributed by atoms with Gasteiger partial charge in [-0.3, -0.25) is 0 Å². The van der Waals surface area contributed by atoms with Gasteiger partial charge in [0.2, 0.25) is 0 Å². The van der Waals surface area contributed by atoms with Gasteiger partial charge in [0.15, 0.2) is 17.4 Å². The van der Waals surface area contributed by atoms with Gasteiger partial charge in [-0.1, -0.05) is 6.92 Å². The molecule has 0 aliphatic carbocycles. The maximum absolute atomic E-state index is 2.21. The fourth-order valence-electron chi connectivity index (χ4n) is 0.671. The molecule has 3 heteroatoms. The lowest BCUT2D eigenvalue weighted by molar-refractivity contribution is -0.870. The molecular weight excluding hydrogens is 149 g/mol. The van der Waals surface area contributed by atoms with Crippen molar-refractivity contribution in [3.05, 3.63) is 0 Å². The molecule has 0 aromatic rings. The minimum atomic E-state index is 0. The Morgan fingerprint density at radius 3 is 1.44 bits per heavy atom. The molecule has 0 saturated carbocycles. The summed E-state index contributed by atoms with van der Waals surface area (Å²) in [6, 6.07) is 0. The highest BCUT2D eigenvalue weighted by molar-refractivity contribution is 5.85. The first-order chi connectivity index (χ1) is 3.06. The van der Waals surface area contributed by atoms with Gasteiger partial charge in [-0.15, -0.1) is 12.4 Å². The molecule has 0 bridgehead atoms. The monoisotopic (exact) mass is 168 g/mol. The molecule has 0 aromatic heterocycles. The predicted octanol–water partition coefficient (Wildman–Crippen LogP) is 0.340. The molecule has 0 N–H and O–H groups in total. The molecule has 0 fully saturated rings. The van der Waals surface area contributed by atoms with E-state index in [-0.39, 0.29) is 29.8 Å². The highest BCUT2D eigenvalue weighted by Gasteiger charge is 2.01. The normalized spacial score (nSPS) is 9.33. The molecule has 0 rings (SSSR count). The highest BCUT2D eigenvalue weighted by atomic mass is 35.5. The van der Waals surface area contributed by atoms with Crippen molar-refractivity contribution in [2.45, 2.75) is 13.3 Å². The van der Waals surface area contributed by atoms with E-state index in [1.807, 2.05) is 0 Å². The lowest BCUT2D eigenvalue weighted by Crippen LogP contribution is -2.34. The zero-order chi connectivity index (χ0) is 5.91. The summed E-state index contributed by atoms with van der Waals surface area (Å²) < 4.78 is 1.09. The maximum atomic E-state index is 2.21. The lowest BCUT2D eigenvalue weighted by Gasteiger charge is -2.22. The second kappa shape index (κ2) is 6.90. The van der Waals surface area contributed by atoms with E-state index in [4.69, 9.17) is 0 Å². The molecule has 0 radical (unpaired) electrons. The van der Waals surface area contributed by atoms with Gasteiger partial charge in [-0.25, -0.2) is 0 Å². The van der Waals surface area contributed by atoms with Crippen molar-refractivity contribution in [1.29, 1.82) is 0 Å². The van der Waals surface area contributed by atoms with Crippen LogP contribution in [0.25, 0.3) is 0 Å². The molecule has 0 aliphatic rings. The number of hydrogen-bond acceptors (Lipinski definition) is 0. The third kappa shape index (κ3) is 17.7. The van der Waals surface area contributed by atoms with Crippen LogP contribution in [0.5, 0.6) is 0 Å². The SMILES string of the molecule is CCC[N+](C)(C)C.Cl.[AlH3]. The first-order valence-corrected chi connectivity index (χ1v) is 2.86. The second-order valence-corrected chi connectivity index (χ2v) is 3.01. The van der Waals surface area contributed by atoms with Crippen LogP contribution in [0.3, 0.4) is 0 Å². The van der Waals surface area contributed by atoms with E-state index in [1.54, 1.807) is 0 Å². The molecule has 58 valence electrons. The molecular formula is C6H20AlClN+. The summed E-state index contributed by atoms with van der Waals surface area (Å²) in [4.78, 5) is 0. The topological polar surface area (TPSA) is 0 Å². The molecule has 0 aliphatic heterocycles. The van der Waals surface area contributed by atoms with Crippen LogP contribution in [0.4, 0.5) is 0 Å². The van der Waals surface area contributed by atoms with Crippen LogP contribution in [0.1, 0.15) is 13.3 Å². The zero-order valence-electron chi connectivity index (χ0n) is 6.27. The van der Waals surface area contributed by atoms with Gasteiger partial charge in [-0.2, -0.15) is 0 Å². The first-order valence-electron chi connectivity index (χ1n) is 2.86. The largest absolute Gasteiger partial charge is 0.331 e. The molecule has 0 spiro atoms. The minimum Gasteiger partial charge on any atom is -0.331 e. The molecule has 0 atom stereocenters. The zero-order valence-corrected chi connectivity index (χ0v) is 7.09. The van der Waals surface area contributed by atoms with Gasteiger partial charge in [-0.05, 0) is 6.42 Å². The predicted molar refractivity (Wildman–Crippen MR) is 50.4 cm³/mol. The maximum Gasteiger partial charge on any atom is 0.187 e. The summed E-state index contributed by atoms with van der Waals surface area (Å²) >= 11 is 0. The molecule has 0 amide bonds. The molecule has 0 unspecified atom stereocenters. The molecule has 1 nitrogen and oxygen atoms in total. The third-order valence-corrected chi connectivity index (χ3v) is 0.894. The van der Waals surface area contributed by atoms with Gasteiger partial charge in [0, 0.05) is 0 Å². The van der Waals surface area contributed by atoms with E-state index >= 15 is 0 Å². The molecule has 0 aromatic carbocycles. The van der Waals surface area contributed by atoms with E-state index in [2.05, 4.69) is 28.1 Å². The number of hydrogen-bond donors (Lipinski definition) is 0. The summed E-state index contributed by atoms with van der Waals surface area (Å²) in [6.07, 6.45) is 1.28. The summed E-state index contributed by atoms with van der Waals surface area (Å²) in [5, 5.41) is 0. The van der Waals surface area contributed by atoms with Crippen molar-refractivity contribution in [2.24, 2.45) is 0 Å². The lowest BCUT2D eigenvalue weighted by atomic mass is 10.4. The summed E-state index contributed by atoms with van der Waals surface area (Å²) in [6.45, 7) is 3.49. The standard InChI is InChI=1S/C6H16N.Al.ClH.3H/c1-5-6-7(2,3)4;;;;;/h5-6H2,1-4H3;;1H;;;/q+1;;;;;. The first kappa shape index (κ1) is 16.4. The summed E-state index contributed by atoms with van der Waals surface area (Å²) in [5.74, 6) is 0. The van der Waals surface area contributed by atoms with Crippen molar-refractivity contribution >= 4 is 29.8 Å². The highest BCUT2D eigenvalue weighted by Crippen LogP contribution is 1.90. The number of halogens is 1. The Kier molecular flexibility index (Phi) is 12.6. The number of nitrogens with zero attached hydrogens (tertiary/aromatic N) is 1. The fourth-order valence-corrected chi connectivity index (χ4v) is 0.671. The van der Waals surface area contributed by atoms with Gasteiger partial charge < -0.3 is 4.48 Å². The van der Waals surface area contributed by atoms with Crippen LogP contribution in [-0.4, -0.2) is 49.5 Å². The van der Waals surface area contributed by atoms with Crippen LogP contribution in [0.2, 0.25) is 0 Å². The van der Waals surface area contributed by atoms with Crippen LogP contribution in [0.15, 0.2) is 0 Å². The molecule has 9 heavy (non-hydrogen) atoms. The van der Waals surface area contributed by atoms with Gasteiger partial charge in [0.1, 0.15) is 0 Å². The van der Waals surface area contributed by atoms with Gasteiger partial charge in [0.05, 0.1) is 27.7 Å². The van der Waals surface area contributed by atoms with Crippen molar-refractivity contribution in [3.8, 4) is 0 Å². The van der Waals surface area contributed by atoms with E-state index < -0.39 is 0 Å². The molecule has 0 saturated heterocycles. The Bertz CT molecular complexity index is 51.5. The Labute approximate surface area is 75.6 Å².